The molecule has 0 spiro atoms. The van der Waals surface area contributed by atoms with Gasteiger partial charge in [-0.3, -0.25) is 9.69 Å². The number of nitrogens with one attached hydrogen (secondary N) is 1. The number of ether oxygens (including phenoxy) is 2. The van der Waals surface area contributed by atoms with Gasteiger partial charge in [-0.25, -0.2) is 14.5 Å². The van der Waals surface area contributed by atoms with Gasteiger partial charge in [0.25, 0.3) is 0 Å². The maximum Gasteiger partial charge on any atom is 0.334 e. The average Bonchev–Trinajstić information content (AvgIpc) is 3.25. The third-order valence-electron chi connectivity index (χ3n) is 2.65. The topological polar surface area (TPSA) is 94.8 Å². The van der Waals surface area contributed by atoms with Crippen LogP contribution in [0.1, 0.15) is 0 Å². The lowest BCUT2D eigenvalue weighted by Gasteiger charge is -2.21. The first kappa shape index (κ1) is 12.8. The summed E-state index contributed by atoms with van der Waals surface area (Å²) in [4.78, 5) is 36.0. The predicted molar refractivity (Wildman–Crippen MR) is 58.8 cm³/mol. The van der Waals surface area contributed by atoms with Crippen LogP contribution in [0.15, 0.2) is 0 Å². The molecule has 0 aromatic heterocycles. The number of urea groups is 2. The maximum absolute atomic E-state index is 11.8. The van der Waals surface area contributed by atoms with Crippen molar-refractivity contribution in [3.05, 3.63) is 0 Å². The minimum Gasteiger partial charge on any atom is -0.371 e. The summed E-state index contributed by atoms with van der Waals surface area (Å²) < 4.78 is 9.86. The van der Waals surface area contributed by atoms with Crippen molar-refractivity contribution >= 4 is 18.5 Å². The lowest BCUT2D eigenvalue weighted by Crippen LogP contribution is -2.49. The van der Waals surface area contributed by atoms with E-state index in [-0.39, 0.29) is 18.8 Å². The normalized spacial score (nSPS) is 24.1. The second kappa shape index (κ2) is 5.32. The SMILES string of the molecule is CN(C(=O)NCC1CO1)C(=O)N(C=O)CC1CO1. The molecule has 0 saturated carbocycles. The van der Waals surface area contributed by atoms with E-state index in [1.807, 2.05) is 0 Å². The number of epoxide rings is 2. The summed E-state index contributed by atoms with van der Waals surface area (Å²) >= 11 is 0. The molecule has 5 amide bonds. The van der Waals surface area contributed by atoms with E-state index in [1.54, 1.807) is 0 Å². The zero-order valence-electron chi connectivity index (χ0n) is 10.00. The van der Waals surface area contributed by atoms with Crippen LogP contribution in [0.3, 0.4) is 0 Å². The average molecular weight is 257 g/mol. The van der Waals surface area contributed by atoms with Gasteiger partial charge in [-0.15, -0.1) is 0 Å². The van der Waals surface area contributed by atoms with Crippen molar-refractivity contribution < 1.29 is 23.9 Å². The minimum atomic E-state index is -0.672. The molecule has 0 bridgehead atoms. The third-order valence-corrected chi connectivity index (χ3v) is 2.65. The summed E-state index contributed by atoms with van der Waals surface area (Å²) in [5, 5.41) is 2.54. The van der Waals surface area contributed by atoms with Gasteiger partial charge in [0.2, 0.25) is 6.41 Å². The highest BCUT2D eigenvalue weighted by molar-refractivity contribution is 5.97. The summed E-state index contributed by atoms with van der Waals surface area (Å²) in [5.41, 5.74) is 0. The highest BCUT2D eigenvalue weighted by Gasteiger charge is 2.31. The molecule has 0 radical (unpaired) electrons. The predicted octanol–water partition coefficient (Wildman–Crippen LogP) is -0.996. The summed E-state index contributed by atoms with van der Waals surface area (Å²) in [7, 11) is 1.32. The van der Waals surface area contributed by atoms with Crippen LogP contribution in [0.25, 0.3) is 0 Å². The molecule has 8 heteroatoms. The van der Waals surface area contributed by atoms with Gasteiger partial charge in [0.15, 0.2) is 0 Å². The van der Waals surface area contributed by atoms with Crippen LogP contribution in [0, 0.1) is 0 Å². The van der Waals surface area contributed by atoms with Crippen molar-refractivity contribution in [1.29, 1.82) is 0 Å². The van der Waals surface area contributed by atoms with Crippen LogP contribution in [-0.2, 0) is 14.3 Å². The highest BCUT2D eigenvalue weighted by atomic mass is 16.6. The van der Waals surface area contributed by atoms with Gasteiger partial charge >= 0.3 is 12.1 Å². The van der Waals surface area contributed by atoms with Crippen molar-refractivity contribution in [3.8, 4) is 0 Å². The Morgan fingerprint density at radius 3 is 2.44 bits per heavy atom. The van der Waals surface area contributed by atoms with Crippen LogP contribution in [0.2, 0.25) is 0 Å². The molecule has 1 N–H and O–H groups in total. The van der Waals surface area contributed by atoms with Gasteiger partial charge in [-0.2, -0.15) is 0 Å². The van der Waals surface area contributed by atoms with Gasteiger partial charge in [0.05, 0.1) is 32.0 Å². The van der Waals surface area contributed by atoms with E-state index in [9.17, 15) is 14.4 Å². The monoisotopic (exact) mass is 257 g/mol. The van der Waals surface area contributed by atoms with Crippen LogP contribution in [0.5, 0.6) is 0 Å². The molecule has 2 aliphatic rings. The Balaban J connectivity index is 1.80. The molecule has 18 heavy (non-hydrogen) atoms. The van der Waals surface area contributed by atoms with E-state index in [0.717, 1.165) is 9.80 Å². The lowest BCUT2D eigenvalue weighted by molar-refractivity contribution is -0.116. The number of hydrogen-bond acceptors (Lipinski definition) is 5. The zero-order valence-corrected chi connectivity index (χ0v) is 10.00. The number of amides is 5. The van der Waals surface area contributed by atoms with Crippen molar-refractivity contribution in [1.82, 2.24) is 15.1 Å². The van der Waals surface area contributed by atoms with Crippen LogP contribution < -0.4 is 5.32 Å². The number of nitrogens with zero attached hydrogens (tertiary/aromatic N) is 2. The molecule has 2 heterocycles. The molecule has 2 unspecified atom stereocenters. The molecule has 2 fully saturated rings. The molecule has 2 atom stereocenters. The van der Waals surface area contributed by atoms with Crippen molar-refractivity contribution in [2.24, 2.45) is 0 Å². The molecular weight excluding hydrogens is 242 g/mol. The number of hydrogen-bond donors (Lipinski definition) is 1. The lowest BCUT2D eigenvalue weighted by atomic mass is 10.4. The van der Waals surface area contributed by atoms with E-state index in [4.69, 9.17) is 9.47 Å². The van der Waals surface area contributed by atoms with Gasteiger partial charge in [-0.05, 0) is 0 Å². The molecule has 8 nitrogen and oxygen atoms in total. The van der Waals surface area contributed by atoms with E-state index in [0.29, 0.717) is 26.2 Å². The first-order chi connectivity index (χ1) is 8.61. The van der Waals surface area contributed by atoms with Gasteiger partial charge < -0.3 is 14.8 Å². The molecular formula is C10H15N3O5. The number of rotatable bonds is 5. The Bertz CT molecular complexity index is 353. The van der Waals surface area contributed by atoms with Gasteiger partial charge in [-0.1, -0.05) is 0 Å². The Morgan fingerprint density at radius 2 is 1.94 bits per heavy atom. The summed E-state index contributed by atoms with van der Waals surface area (Å²) in [5.74, 6) is 0. The molecule has 0 aromatic rings. The molecule has 0 aromatic carbocycles. The minimum absolute atomic E-state index is 0.0412. The highest BCUT2D eigenvalue weighted by Crippen LogP contribution is 2.11. The number of carbonyl (C=O) groups is 3. The van der Waals surface area contributed by atoms with Crippen LogP contribution in [0.4, 0.5) is 9.59 Å². The number of carbonyl (C=O) groups excluding carboxylic acids is 3. The third kappa shape index (κ3) is 3.41. The number of imide groups is 2. The largest absolute Gasteiger partial charge is 0.371 e. The van der Waals surface area contributed by atoms with Crippen molar-refractivity contribution in [2.75, 3.05) is 33.4 Å². The second-order valence-electron chi connectivity index (χ2n) is 4.20. The Morgan fingerprint density at radius 1 is 1.33 bits per heavy atom. The molecule has 2 saturated heterocycles. The Kier molecular flexibility index (Phi) is 3.78. The van der Waals surface area contributed by atoms with Gasteiger partial charge in [0, 0.05) is 13.6 Å². The Hall–Kier alpha value is -1.67. The Labute approximate surface area is 104 Å². The van der Waals surface area contributed by atoms with E-state index < -0.39 is 12.1 Å². The van der Waals surface area contributed by atoms with E-state index in [1.165, 1.54) is 7.05 Å². The fraction of sp³-hybridized carbons (Fsp3) is 0.700. The van der Waals surface area contributed by atoms with Gasteiger partial charge in [0.1, 0.15) is 0 Å². The molecule has 2 aliphatic heterocycles. The summed E-state index contributed by atoms with van der Waals surface area (Å²) in [6.07, 6.45) is 0.340. The van der Waals surface area contributed by atoms with E-state index >= 15 is 0 Å². The maximum atomic E-state index is 11.8. The quantitative estimate of drug-likeness (QED) is 0.503. The molecule has 2 rings (SSSR count). The summed E-state index contributed by atoms with van der Waals surface area (Å²) in [6, 6.07) is -1.23. The van der Waals surface area contributed by atoms with Crippen LogP contribution >= 0.6 is 0 Å². The zero-order chi connectivity index (χ0) is 13.1. The van der Waals surface area contributed by atoms with Crippen LogP contribution in [-0.4, -0.2) is 73.8 Å². The molecule has 100 valence electrons. The smallest absolute Gasteiger partial charge is 0.334 e. The fourth-order valence-electron chi connectivity index (χ4n) is 1.34. The first-order valence-electron chi connectivity index (χ1n) is 5.62. The van der Waals surface area contributed by atoms with Crippen molar-refractivity contribution in [3.63, 3.8) is 0 Å². The fourth-order valence-corrected chi connectivity index (χ4v) is 1.34. The molecule has 0 aliphatic carbocycles. The second-order valence-corrected chi connectivity index (χ2v) is 4.20. The first-order valence-corrected chi connectivity index (χ1v) is 5.62. The van der Waals surface area contributed by atoms with Crippen molar-refractivity contribution in [2.45, 2.75) is 12.2 Å². The summed E-state index contributed by atoms with van der Waals surface area (Å²) in [6.45, 7) is 1.69. The van der Waals surface area contributed by atoms with E-state index in [2.05, 4.69) is 5.32 Å². The standard InChI is InChI=1S/C10H15N3O5/c1-12(9(15)11-2-7-4-17-7)10(16)13(6-14)3-8-5-18-8/h6-8H,2-5H2,1H3,(H,11,15).